The normalized spacial score (nSPS) is 10.3. The van der Waals surface area contributed by atoms with Crippen molar-refractivity contribution in [3.63, 3.8) is 0 Å². The minimum atomic E-state index is -0.619. The number of benzene rings is 2. The minimum Gasteiger partial charge on any atom is -0.452 e. The van der Waals surface area contributed by atoms with Gasteiger partial charge in [-0.05, 0) is 55.5 Å². The maximum atomic E-state index is 12.1. The molecule has 24 heavy (non-hydrogen) atoms. The fraction of sp³-hybridized carbons (Fsp3) is 0.222. The van der Waals surface area contributed by atoms with Crippen molar-refractivity contribution in [2.75, 3.05) is 18.2 Å². The van der Waals surface area contributed by atoms with E-state index in [1.54, 1.807) is 18.2 Å². The maximum absolute atomic E-state index is 12.1. The lowest BCUT2D eigenvalue weighted by molar-refractivity contribution is -0.119. The van der Waals surface area contributed by atoms with E-state index < -0.39 is 11.9 Å². The molecule has 0 radical (unpaired) electrons. The van der Waals surface area contributed by atoms with Crippen LogP contribution in [0.2, 0.25) is 5.02 Å². The third-order valence-corrected chi connectivity index (χ3v) is 4.66. The standard InChI is InChI=1S/C18H18ClNO3S/c1-11-5-4-6-16(12(11)2)20-17(21)10-23-18(22)14-9-13(24-3)7-8-15(14)19/h4-9H,10H2,1-3H3,(H,20,21). The molecule has 0 aliphatic heterocycles. The molecule has 0 saturated heterocycles. The van der Waals surface area contributed by atoms with Gasteiger partial charge in [-0.1, -0.05) is 23.7 Å². The molecule has 0 atom stereocenters. The highest BCUT2D eigenvalue weighted by Crippen LogP contribution is 2.23. The summed E-state index contributed by atoms with van der Waals surface area (Å²) in [5.74, 6) is -1.01. The van der Waals surface area contributed by atoms with Gasteiger partial charge in [0.1, 0.15) is 0 Å². The zero-order valence-electron chi connectivity index (χ0n) is 13.7. The quantitative estimate of drug-likeness (QED) is 0.628. The Morgan fingerprint density at radius 2 is 1.96 bits per heavy atom. The first-order valence-corrected chi connectivity index (χ1v) is 8.89. The van der Waals surface area contributed by atoms with Crippen molar-refractivity contribution in [3.05, 3.63) is 58.1 Å². The van der Waals surface area contributed by atoms with Crippen LogP contribution in [0.15, 0.2) is 41.3 Å². The molecule has 0 unspecified atom stereocenters. The van der Waals surface area contributed by atoms with Gasteiger partial charge >= 0.3 is 5.97 Å². The second-order valence-corrected chi connectivity index (χ2v) is 6.50. The van der Waals surface area contributed by atoms with Gasteiger partial charge in [-0.15, -0.1) is 11.8 Å². The van der Waals surface area contributed by atoms with E-state index in [1.807, 2.05) is 38.3 Å². The Hall–Kier alpha value is -1.98. The van der Waals surface area contributed by atoms with E-state index in [9.17, 15) is 9.59 Å². The lowest BCUT2D eigenvalue weighted by atomic mass is 10.1. The van der Waals surface area contributed by atoms with Crippen LogP contribution in [0, 0.1) is 13.8 Å². The van der Waals surface area contributed by atoms with Crippen LogP contribution in [0.4, 0.5) is 5.69 Å². The second kappa shape index (κ2) is 8.22. The zero-order chi connectivity index (χ0) is 17.7. The largest absolute Gasteiger partial charge is 0.452 e. The van der Waals surface area contributed by atoms with Crippen LogP contribution in [-0.4, -0.2) is 24.7 Å². The van der Waals surface area contributed by atoms with E-state index in [-0.39, 0.29) is 12.2 Å². The van der Waals surface area contributed by atoms with Gasteiger partial charge in [-0.3, -0.25) is 4.79 Å². The van der Waals surface area contributed by atoms with Crippen molar-refractivity contribution in [3.8, 4) is 0 Å². The fourth-order valence-corrected chi connectivity index (χ4v) is 2.70. The van der Waals surface area contributed by atoms with E-state index in [1.165, 1.54) is 11.8 Å². The van der Waals surface area contributed by atoms with Crippen molar-refractivity contribution < 1.29 is 14.3 Å². The van der Waals surface area contributed by atoms with Gasteiger partial charge in [0.25, 0.3) is 5.91 Å². The summed E-state index contributed by atoms with van der Waals surface area (Å²) < 4.78 is 5.07. The monoisotopic (exact) mass is 363 g/mol. The summed E-state index contributed by atoms with van der Waals surface area (Å²) in [5, 5.41) is 3.04. The highest BCUT2D eigenvalue weighted by Gasteiger charge is 2.15. The number of hydrogen-bond donors (Lipinski definition) is 1. The average molecular weight is 364 g/mol. The second-order valence-electron chi connectivity index (χ2n) is 5.22. The van der Waals surface area contributed by atoms with E-state index in [0.29, 0.717) is 10.7 Å². The number of amides is 1. The number of anilines is 1. The number of rotatable bonds is 5. The lowest BCUT2D eigenvalue weighted by Gasteiger charge is -2.11. The molecule has 4 nitrogen and oxygen atoms in total. The van der Waals surface area contributed by atoms with Crippen LogP contribution in [-0.2, 0) is 9.53 Å². The summed E-state index contributed by atoms with van der Waals surface area (Å²) in [6.07, 6.45) is 1.90. The van der Waals surface area contributed by atoms with Crippen molar-refractivity contribution in [2.45, 2.75) is 18.7 Å². The topological polar surface area (TPSA) is 55.4 Å². The van der Waals surface area contributed by atoms with Crippen molar-refractivity contribution >= 4 is 40.9 Å². The average Bonchev–Trinajstić information content (AvgIpc) is 2.57. The molecule has 0 heterocycles. The number of aryl methyl sites for hydroxylation is 1. The van der Waals surface area contributed by atoms with Crippen molar-refractivity contribution in [1.29, 1.82) is 0 Å². The number of carbonyl (C=O) groups is 2. The molecule has 1 N–H and O–H groups in total. The zero-order valence-corrected chi connectivity index (χ0v) is 15.3. The summed E-state index contributed by atoms with van der Waals surface area (Å²) in [5.41, 5.74) is 3.01. The molecule has 2 aromatic rings. The van der Waals surface area contributed by atoms with Crippen LogP contribution in [0.1, 0.15) is 21.5 Å². The van der Waals surface area contributed by atoms with Crippen molar-refractivity contribution in [2.24, 2.45) is 0 Å². The van der Waals surface area contributed by atoms with Crippen LogP contribution in [0.5, 0.6) is 0 Å². The number of thioether (sulfide) groups is 1. The van der Waals surface area contributed by atoms with Crippen LogP contribution in [0.3, 0.4) is 0 Å². The van der Waals surface area contributed by atoms with Gasteiger partial charge in [-0.25, -0.2) is 4.79 Å². The predicted octanol–water partition coefficient (Wildman–Crippen LogP) is 4.47. The number of carbonyl (C=O) groups excluding carboxylic acids is 2. The van der Waals surface area contributed by atoms with Gasteiger partial charge in [0, 0.05) is 10.6 Å². The number of esters is 1. The smallest absolute Gasteiger partial charge is 0.340 e. The molecule has 2 aromatic carbocycles. The third kappa shape index (κ3) is 4.52. The Bertz CT molecular complexity index is 777. The molecule has 2 rings (SSSR count). The molecule has 0 aliphatic rings. The summed E-state index contributed by atoms with van der Waals surface area (Å²) >= 11 is 7.51. The highest BCUT2D eigenvalue weighted by atomic mass is 35.5. The fourth-order valence-electron chi connectivity index (χ4n) is 2.07. The summed E-state index contributed by atoms with van der Waals surface area (Å²) in [4.78, 5) is 25.0. The van der Waals surface area contributed by atoms with E-state index >= 15 is 0 Å². The maximum Gasteiger partial charge on any atom is 0.340 e. The van der Waals surface area contributed by atoms with Crippen LogP contribution in [0.25, 0.3) is 0 Å². The highest BCUT2D eigenvalue weighted by molar-refractivity contribution is 7.98. The lowest BCUT2D eigenvalue weighted by Crippen LogP contribution is -2.21. The SMILES string of the molecule is CSc1ccc(Cl)c(C(=O)OCC(=O)Nc2cccc(C)c2C)c1. The molecule has 0 fully saturated rings. The summed E-state index contributed by atoms with van der Waals surface area (Å²) in [7, 11) is 0. The van der Waals surface area contributed by atoms with Crippen molar-refractivity contribution in [1.82, 2.24) is 0 Å². The summed E-state index contributed by atoms with van der Waals surface area (Å²) in [6, 6.07) is 10.7. The van der Waals surface area contributed by atoms with Gasteiger partial charge in [0.15, 0.2) is 6.61 Å². The predicted molar refractivity (Wildman–Crippen MR) is 98.1 cm³/mol. The Kier molecular flexibility index (Phi) is 6.29. The van der Waals surface area contributed by atoms with Gasteiger partial charge in [0.05, 0.1) is 10.6 Å². The minimum absolute atomic E-state index is 0.253. The number of hydrogen-bond acceptors (Lipinski definition) is 4. The Morgan fingerprint density at radius 3 is 2.67 bits per heavy atom. The Balaban J connectivity index is 1.99. The molecule has 1 amide bonds. The number of halogens is 1. The molecule has 0 spiro atoms. The third-order valence-electron chi connectivity index (χ3n) is 3.61. The molecule has 126 valence electrons. The molecule has 0 bridgehead atoms. The molecule has 0 saturated carbocycles. The first-order valence-electron chi connectivity index (χ1n) is 7.29. The Morgan fingerprint density at radius 1 is 1.21 bits per heavy atom. The van der Waals surface area contributed by atoms with E-state index in [4.69, 9.17) is 16.3 Å². The van der Waals surface area contributed by atoms with E-state index in [2.05, 4.69) is 5.32 Å². The number of ether oxygens (including phenoxy) is 1. The molecular formula is C18H18ClNO3S. The first kappa shape index (κ1) is 18.4. The molecule has 0 aliphatic carbocycles. The first-order chi connectivity index (χ1) is 11.4. The van der Waals surface area contributed by atoms with Crippen LogP contribution < -0.4 is 5.32 Å². The van der Waals surface area contributed by atoms with Gasteiger partial charge in [-0.2, -0.15) is 0 Å². The summed E-state index contributed by atoms with van der Waals surface area (Å²) in [6.45, 7) is 3.52. The molecular weight excluding hydrogens is 346 g/mol. The van der Waals surface area contributed by atoms with Gasteiger partial charge in [0.2, 0.25) is 0 Å². The van der Waals surface area contributed by atoms with E-state index in [0.717, 1.165) is 16.0 Å². The Labute approximate surface area is 150 Å². The number of nitrogens with one attached hydrogen (secondary N) is 1. The molecule has 0 aromatic heterocycles. The van der Waals surface area contributed by atoms with Crippen LogP contribution >= 0.6 is 23.4 Å². The molecule has 6 heteroatoms. The van der Waals surface area contributed by atoms with Gasteiger partial charge < -0.3 is 10.1 Å².